The summed E-state index contributed by atoms with van der Waals surface area (Å²) in [7, 11) is 0. The molecule has 8 heteroatoms. The number of nitrogens with zero attached hydrogens (tertiary/aromatic N) is 3. The van der Waals surface area contributed by atoms with Gasteiger partial charge in [-0.25, -0.2) is 5.10 Å². The molecule has 3 aromatic rings. The van der Waals surface area contributed by atoms with Crippen molar-refractivity contribution >= 4 is 22.6 Å². The van der Waals surface area contributed by atoms with Gasteiger partial charge in [-0.05, 0) is 31.0 Å². The van der Waals surface area contributed by atoms with E-state index in [1.807, 2.05) is 24.3 Å². The highest BCUT2D eigenvalue weighted by Crippen LogP contribution is 2.19. The summed E-state index contributed by atoms with van der Waals surface area (Å²) < 4.78 is 0. The quantitative estimate of drug-likeness (QED) is 0.667. The second kappa shape index (κ2) is 8.86. The lowest BCUT2D eigenvalue weighted by Crippen LogP contribution is -2.43. The third-order valence-electron chi connectivity index (χ3n) is 5.48. The zero-order chi connectivity index (χ0) is 20.9. The molecule has 4 rings (SSSR count). The van der Waals surface area contributed by atoms with E-state index in [4.69, 9.17) is 0 Å². The minimum atomic E-state index is -0.265. The number of aromatic nitrogens is 3. The van der Waals surface area contributed by atoms with Gasteiger partial charge in [-0.15, -0.1) is 0 Å². The van der Waals surface area contributed by atoms with Gasteiger partial charge in [0.1, 0.15) is 0 Å². The zero-order valence-electron chi connectivity index (χ0n) is 16.5. The molecule has 30 heavy (non-hydrogen) atoms. The van der Waals surface area contributed by atoms with Gasteiger partial charge in [-0.2, -0.15) is 5.10 Å². The fraction of sp³-hybridized carbons (Fsp3) is 0.318. The van der Waals surface area contributed by atoms with Crippen LogP contribution in [0.4, 0.5) is 0 Å². The van der Waals surface area contributed by atoms with Crippen LogP contribution in [0.5, 0.6) is 0 Å². The summed E-state index contributed by atoms with van der Waals surface area (Å²) in [5, 5.41) is 10.7. The highest BCUT2D eigenvalue weighted by molar-refractivity contribution is 5.88. The minimum absolute atomic E-state index is 0.000970. The molecule has 1 saturated heterocycles. The first-order valence-electron chi connectivity index (χ1n) is 10.0. The Balaban J connectivity index is 1.32. The van der Waals surface area contributed by atoms with E-state index in [-0.39, 0.29) is 29.7 Å². The second-order valence-corrected chi connectivity index (χ2v) is 7.42. The number of H-pyrrole nitrogens is 1. The number of nitrogens with one attached hydrogen (secondary N) is 2. The SMILES string of the molecule is O=C(NCc1ccccn1)C1CCN(C(=O)Cc2n[nH]c(=O)c3ccccc23)CC1. The number of aromatic amines is 1. The van der Waals surface area contributed by atoms with Crippen molar-refractivity contribution in [2.75, 3.05) is 13.1 Å². The molecule has 0 spiro atoms. The summed E-state index contributed by atoms with van der Waals surface area (Å²) in [6, 6.07) is 12.7. The summed E-state index contributed by atoms with van der Waals surface area (Å²) in [6.45, 7) is 1.47. The van der Waals surface area contributed by atoms with Crippen molar-refractivity contribution in [3.8, 4) is 0 Å². The number of fused-ring (bicyclic) bond motifs is 1. The molecular weight excluding hydrogens is 382 g/mol. The van der Waals surface area contributed by atoms with Crippen molar-refractivity contribution in [1.29, 1.82) is 0 Å². The molecule has 0 unspecified atom stereocenters. The van der Waals surface area contributed by atoms with Gasteiger partial charge in [0.2, 0.25) is 11.8 Å². The molecule has 1 fully saturated rings. The number of pyridine rings is 1. The van der Waals surface area contributed by atoms with Gasteiger partial charge in [0.05, 0.1) is 29.7 Å². The number of carbonyl (C=O) groups is 2. The van der Waals surface area contributed by atoms with Crippen LogP contribution in [0.1, 0.15) is 24.2 Å². The predicted octanol–water partition coefficient (Wildman–Crippen LogP) is 1.42. The Morgan fingerprint density at radius 3 is 2.53 bits per heavy atom. The van der Waals surface area contributed by atoms with Gasteiger partial charge in [-0.1, -0.05) is 24.3 Å². The monoisotopic (exact) mass is 405 g/mol. The van der Waals surface area contributed by atoms with Crippen molar-refractivity contribution in [3.63, 3.8) is 0 Å². The number of hydrogen-bond acceptors (Lipinski definition) is 5. The van der Waals surface area contributed by atoms with Gasteiger partial charge in [0, 0.05) is 30.6 Å². The van der Waals surface area contributed by atoms with Gasteiger partial charge < -0.3 is 10.2 Å². The maximum absolute atomic E-state index is 12.8. The van der Waals surface area contributed by atoms with E-state index in [0.717, 1.165) is 5.69 Å². The molecular formula is C22H23N5O3. The third-order valence-corrected chi connectivity index (χ3v) is 5.48. The average molecular weight is 405 g/mol. The maximum atomic E-state index is 12.8. The molecule has 2 amide bonds. The lowest BCUT2D eigenvalue weighted by atomic mass is 9.95. The summed E-state index contributed by atoms with van der Waals surface area (Å²) in [5.41, 5.74) is 1.11. The van der Waals surface area contributed by atoms with Crippen LogP contribution in [0.25, 0.3) is 10.8 Å². The van der Waals surface area contributed by atoms with E-state index in [1.54, 1.807) is 29.3 Å². The van der Waals surface area contributed by atoms with Crippen molar-refractivity contribution in [2.45, 2.75) is 25.8 Å². The number of piperidine rings is 1. The van der Waals surface area contributed by atoms with Crippen LogP contribution in [0.15, 0.2) is 53.5 Å². The van der Waals surface area contributed by atoms with Crippen molar-refractivity contribution in [2.24, 2.45) is 5.92 Å². The molecule has 8 nitrogen and oxygen atoms in total. The molecule has 1 aliphatic rings. The molecule has 1 aliphatic heterocycles. The topological polar surface area (TPSA) is 108 Å². The zero-order valence-corrected chi connectivity index (χ0v) is 16.5. The third kappa shape index (κ3) is 4.37. The lowest BCUT2D eigenvalue weighted by Gasteiger charge is -2.31. The maximum Gasteiger partial charge on any atom is 0.272 e. The summed E-state index contributed by atoms with van der Waals surface area (Å²) >= 11 is 0. The number of rotatable bonds is 5. The molecule has 0 aliphatic carbocycles. The number of benzene rings is 1. The minimum Gasteiger partial charge on any atom is -0.350 e. The van der Waals surface area contributed by atoms with E-state index in [2.05, 4.69) is 20.5 Å². The summed E-state index contributed by atoms with van der Waals surface area (Å²) in [5.74, 6) is -0.155. The Morgan fingerprint density at radius 1 is 1.07 bits per heavy atom. The molecule has 0 bridgehead atoms. The molecule has 0 radical (unpaired) electrons. The van der Waals surface area contributed by atoms with E-state index in [1.165, 1.54) is 0 Å². The van der Waals surface area contributed by atoms with Crippen LogP contribution in [0.3, 0.4) is 0 Å². The number of carbonyl (C=O) groups excluding carboxylic acids is 2. The highest BCUT2D eigenvalue weighted by Gasteiger charge is 2.27. The van der Waals surface area contributed by atoms with Crippen molar-refractivity contribution < 1.29 is 9.59 Å². The molecule has 0 saturated carbocycles. The highest BCUT2D eigenvalue weighted by atomic mass is 16.2. The van der Waals surface area contributed by atoms with Crippen LogP contribution in [-0.4, -0.2) is 45.0 Å². The first-order valence-corrected chi connectivity index (χ1v) is 10.0. The number of amides is 2. The van der Waals surface area contributed by atoms with Crippen LogP contribution in [-0.2, 0) is 22.6 Å². The fourth-order valence-corrected chi connectivity index (χ4v) is 3.78. The largest absolute Gasteiger partial charge is 0.350 e. The second-order valence-electron chi connectivity index (χ2n) is 7.42. The first kappa shape index (κ1) is 19.8. The average Bonchev–Trinajstić information content (AvgIpc) is 2.80. The number of likely N-dealkylation sites (tertiary alicyclic amines) is 1. The van der Waals surface area contributed by atoms with Gasteiger partial charge in [0.25, 0.3) is 5.56 Å². The van der Waals surface area contributed by atoms with Crippen LogP contribution in [0, 0.1) is 5.92 Å². The lowest BCUT2D eigenvalue weighted by molar-refractivity contribution is -0.135. The summed E-state index contributed by atoms with van der Waals surface area (Å²) in [4.78, 5) is 43.1. The Kier molecular flexibility index (Phi) is 5.83. The molecule has 154 valence electrons. The molecule has 3 heterocycles. The fourth-order valence-electron chi connectivity index (χ4n) is 3.78. The Hall–Kier alpha value is -3.55. The molecule has 0 atom stereocenters. The Bertz CT molecular complexity index is 1100. The van der Waals surface area contributed by atoms with Crippen molar-refractivity contribution in [3.05, 3.63) is 70.4 Å². The van der Waals surface area contributed by atoms with Gasteiger partial charge in [-0.3, -0.25) is 19.4 Å². The predicted molar refractivity (Wildman–Crippen MR) is 111 cm³/mol. The van der Waals surface area contributed by atoms with Crippen LogP contribution < -0.4 is 10.9 Å². The van der Waals surface area contributed by atoms with E-state index >= 15 is 0 Å². The molecule has 2 N–H and O–H groups in total. The van der Waals surface area contributed by atoms with Gasteiger partial charge in [0.15, 0.2) is 0 Å². The van der Waals surface area contributed by atoms with E-state index in [9.17, 15) is 14.4 Å². The smallest absolute Gasteiger partial charge is 0.272 e. The standard InChI is InChI=1S/C22H23N5O3/c28-20(13-19-17-6-1-2-7-18(17)22(30)26-25-19)27-11-8-15(9-12-27)21(29)24-14-16-5-3-4-10-23-16/h1-7,10,15H,8-9,11-14H2,(H,24,29)(H,26,30). The van der Waals surface area contributed by atoms with E-state index < -0.39 is 0 Å². The van der Waals surface area contributed by atoms with Crippen LogP contribution in [0.2, 0.25) is 0 Å². The van der Waals surface area contributed by atoms with Crippen molar-refractivity contribution in [1.82, 2.24) is 25.4 Å². The van der Waals surface area contributed by atoms with E-state index in [0.29, 0.717) is 48.9 Å². The molecule has 2 aromatic heterocycles. The molecule has 1 aromatic carbocycles. The van der Waals surface area contributed by atoms with Crippen LogP contribution >= 0.6 is 0 Å². The summed E-state index contributed by atoms with van der Waals surface area (Å²) in [6.07, 6.45) is 3.07. The number of hydrogen-bond donors (Lipinski definition) is 2. The first-order chi connectivity index (χ1) is 14.6. The Labute approximate surface area is 173 Å². The van der Waals surface area contributed by atoms with Gasteiger partial charge >= 0.3 is 0 Å². The normalized spacial score (nSPS) is 14.6. The Morgan fingerprint density at radius 2 is 1.80 bits per heavy atom.